The first-order valence-corrected chi connectivity index (χ1v) is 10.6. The molecule has 0 spiro atoms. The van der Waals surface area contributed by atoms with E-state index in [4.69, 9.17) is 0 Å². The van der Waals surface area contributed by atoms with E-state index in [1.54, 1.807) is 12.1 Å². The van der Waals surface area contributed by atoms with E-state index in [0.717, 1.165) is 49.2 Å². The molecule has 0 N–H and O–H groups in total. The van der Waals surface area contributed by atoms with E-state index >= 15 is 0 Å². The van der Waals surface area contributed by atoms with Gasteiger partial charge in [0.1, 0.15) is 17.2 Å². The molecule has 3 aromatic rings. The lowest BCUT2D eigenvalue weighted by molar-refractivity contribution is 0.214. The lowest BCUT2D eigenvalue weighted by Gasteiger charge is -2.26. The summed E-state index contributed by atoms with van der Waals surface area (Å²) in [5.41, 5.74) is 1.10. The van der Waals surface area contributed by atoms with Gasteiger partial charge in [0.2, 0.25) is 5.16 Å². The summed E-state index contributed by atoms with van der Waals surface area (Å²) in [6.07, 6.45) is 5.41. The number of likely N-dealkylation sites (tertiary alicyclic amines) is 1. The molecule has 152 valence electrons. The number of aryl methyl sites for hydroxylation is 1. The molecule has 29 heavy (non-hydrogen) atoms. The average molecular weight is 417 g/mol. The number of hydrogen-bond donors (Lipinski definition) is 0. The van der Waals surface area contributed by atoms with Crippen molar-refractivity contribution in [3.63, 3.8) is 0 Å². The lowest BCUT2D eigenvalue weighted by Crippen LogP contribution is -2.30. The quantitative estimate of drug-likeness (QED) is 0.566. The summed E-state index contributed by atoms with van der Waals surface area (Å²) in [5, 5.41) is 9.36. The van der Waals surface area contributed by atoms with Gasteiger partial charge in [-0.1, -0.05) is 13.3 Å². The van der Waals surface area contributed by atoms with Crippen LogP contribution in [0.2, 0.25) is 0 Å². The fraction of sp³-hybridized carbons (Fsp3) is 0.400. The number of piperidine rings is 1. The first-order valence-electron chi connectivity index (χ1n) is 9.75. The fourth-order valence-corrected chi connectivity index (χ4v) is 4.29. The van der Waals surface area contributed by atoms with Gasteiger partial charge in [-0.3, -0.25) is 9.47 Å². The summed E-state index contributed by atoms with van der Waals surface area (Å²) in [6.45, 7) is 4.51. The number of aromatic nitrogens is 5. The molecular formula is C20H22F2N6S. The van der Waals surface area contributed by atoms with Crippen molar-refractivity contribution in [2.24, 2.45) is 0 Å². The van der Waals surface area contributed by atoms with E-state index in [9.17, 15) is 8.78 Å². The molecule has 1 aliphatic heterocycles. The Morgan fingerprint density at radius 2 is 1.76 bits per heavy atom. The van der Waals surface area contributed by atoms with Gasteiger partial charge in [0.15, 0.2) is 11.6 Å². The highest BCUT2D eigenvalue weighted by Crippen LogP contribution is 2.30. The largest absolute Gasteiger partial charge is 0.296 e. The minimum Gasteiger partial charge on any atom is -0.296 e. The SMILES string of the molecule is CCc1ncnc(Sc2nnc(CN3CCCCC3)n2-c2ccc(F)cc2)c1F. The predicted molar refractivity (Wildman–Crippen MR) is 106 cm³/mol. The highest BCUT2D eigenvalue weighted by atomic mass is 32.2. The van der Waals surface area contributed by atoms with E-state index in [1.807, 2.05) is 11.5 Å². The minimum atomic E-state index is -0.439. The summed E-state index contributed by atoms with van der Waals surface area (Å²) in [4.78, 5) is 10.4. The summed E-state index contributed by atoms with van der Waals surface area (Å²) in [7, 11) is 0. The van der Waals surface area contributed by atoms with E-state index in [0.29, 0.717) is 23.8 Å². The topological polar surface area (TPSA) is 59.7 Å². The predicted octanol–water partition coefficient (Wildman–Crippen LogP) is 4.04. The number of benzene rings is 1. The fourth-order valence-electron chi connectivity index (χ4n) is 3.43. The van der Waals surface area contributed by atoms with E-state index in [1.165, 1.54) is 24.9 Å². The first-order chi connectivity index (χ1) is 14.2. The van der Waals surface area contributed by atoms with E-state index in [2.05, 4.69) is 25.1 Å². The Morgan fingerprint density at radius 3 is 2.48 bits per heavy atom. The zero-order valence-electron chi connectivity index (χ0n) is 16.2. The van der Waals surface area contributed by atoms with Crippen molar-refractivity contribution in [3.8, 4) is 5.69 Å². The number of nitrogens with zero attached hydrogens (tertiary/aromatic N) is 6. The molecule has 3 heterocycles. The van der Waals surface area contributed by atoms with Crippen molar-refractivity contribution in [3.05, 3.63) is 53.7 Å². The van der Waals surface area contributed by atoms with Crippen LogP contribution in [0.15, 0.2) is 40.8 Å². The number of hydrogen-bond acceptors (Lipinski definition) is 6. The molecule has 9 heteroatoms. The van der Waals surface area contributed by atoms with Crippen LogP contribution in [0.1, 0.15) is 37.7 Å². The lowest BCUT2D eigenvalue weighted by atomic mass is 10.1. The second-order valence-electron chi connectivity index (χ2n) is 6.94. The molecule has 1 aliphatic rings. The Kier molecular flexibility index (Phi) is 6.15. The maximum Gasteiger partial charge on any atom is 0.202 e. The third-order valence-electron chi connectivity index (χ3n) is 4.95. The average Bonchev–Trinajstić information content (AvgIpc) is 3.13. The summed E-state index contributed by atoms with van der Waals surface area (Å²) in [5.74, 6) is -0.0135. The number of rotatable bonds is 6. The summed E-state index contributed by atoms with van der Waals surface area (Å²) >= 11 is 1.10. The minimum absolute atomic E-state index is 0.206. The maximum absolute atomic E-state index is 14.7. The second kappa shape index (κ2) is 8.96. The van der Waals surface area contributed by atoms with Crippen LogP contribution in [0.5, 0.6) is 0 Å². The molecule has 0 amide bonds. The molecule has 0 bridgehead atoms. The van der Waals surface area contributed by atoms with Crippen LogP contribution in [-0.4, -0.2) is 42.7 Å². The Labute approximate surface area is 172 Å². The highest BCUT2D eigenvalue weighted by molar-refractivity contribution is 7.99. The Morgan fingerprint density at radius 1 is 1.00 bits per heavy atom. The van der Waals surface area contributed by atoms with Gasteiger partial charge in [0.25, 0.3) is 0 Å². The standard InChI is InChI=1S/C20H22F2N6S/c1-2-16-18(22)19(24-13-23-16)29-20-26-25-17(12-27-10-4-3-5-11-27)28(20)15-8-6-14(21)7-9-15/h6-9,13H,2-5,10-12H2,1H3. The van der Waals surface area contributed by atoms with Crippen LogP contribution < -0.4 is 0 Å². The Hall–Kier alpha value is -2.39. The van der Waals surface area contributed by atoms with Gasteiger partial charge in [-0.15, -0.1) is 10.2 Å². The van der Waals surface area contributed by atoms with Crippen LogP contribution in [-0.2, 0) is 13.0 Å². The van der Waals surface area contributed by atoms with Crippen LogP contribution >= 0.6 is 11.8 Å². The molecule has 0 radical (unpaired) electrons. The van der Waals surface area contributed by atoms with Gasteiger partial charge in [0, 0.05) is 5.69 Å². The van der Waals surface area contributed by atoms with E-state index < -0.39 is 5.82 Å². The molecule has 1 fully saturated rings. The van der Waals surface area contributed by atoms with Gasteiger partial charge in [-0.05, 0) is 68.4 Å². The van der Waals surface area contributed by atoms with Crippen molar-refractivity contribution < 1.29 is 8.78 Å². The van der Waals surface area contributed by atoms with Crippen LogP contribution in [0.3, 0.4) is 0 Å². The van der Waals surface area contributed by atoms with Crippen molar-refractivity contribution in [2.75, 3.05) is 13.1 Å². The zero-order chi connectivity index (χ0) is 20.2. The normalized spacial score (nSPS) is 15.0. The number of halogens is 2. The van der Waals surface area contributed by atoms with Gasteiger partial charge in [-0.25, -0.2) is 18.7 Å². The van der Waals surface area contributed by atoms with Crippen LogP contribution in [0.4, 0.5) is 8.78 Å². The molecule has 0 saturated carbocycles. The molecule has 0 atom stereocenters. The van der Waals surface area contributed by atoms with Crippen LogP contribution in [0, 0.1) is 11.6 Å². The monoisotopic (exact) mass is 416 g/mol. The summed E-state index contributed by atoms with van der Waals surface area (Å²) in [6, 6.07) is 6.15. The van der Waals surface area contributed by atoms with Gasteiger partial charge >= 0.3 is 0 Å². The smallest absolute Gasteiger partial charge is 0.202 e. The summed E-state index contributed by atoms with van der Waals surface area (Å²) < 4.78 is 30.0. The van der Waals surface area contributed by atoms with Crippen LogP contribution in [0.25, 0.3) is 5.69 Å². The second-order valence-corrected chi connectivity index (χ2v) is 7.90. The van der Waals surface area contributed by atoms with Crippen molar-refractivity contribution in [2.45, 2.75) is 49.3 Å². The first kappa shape index (κ1) is 19.9. The van der Waals surface area contributed by atoms with E-state index in [-0.39, 0.29) is 10.8 Å². The van der Waals surface area contributed by atoms with Gasteiger partial charge < -0.3 is 0 Å². The molecule has 1 aromatic carbocycles. The molecule has 0 aliphatic carbocycles. The van der Waals surface area contributed by atoms with Gasteiger partial charge in [-0.2, -0.15) is 0 Å². The Bertz CT molecular complexity index is 970. The maximum atomic E-state index is 14.7. The highest BCUT2D eigenvalue weighted by Gasteiger charge is 2.21. The molecule has 4 rings (SSSR count). The zero-order valence-corrected chi connectivity index (χ0v) is 17.0. The van der Waals surface area contributed by atoms with Gasteiger partial charge in [0.05, 0.1) is 12.2 Å². The van der Waals surface area contributed by atoms with Crippen molar-refractivity contribution >= 4 is 11.8 Å². The van der Waals surface area contributed by atoms with Crippen molar-refractivity contribution in [1.29, 1.82) is 0 Å². The third kappa shape index (κ3) is 4.45. The van der Waals surface area contributed by atoms with Crippen molar-refractivity contribution in [1.82, 2.24) is 29.6 Å². The Balaban J connectivity index is 1.70. The molecule has 1 saturated heterocycles. The third-order valence-corrected chi connectivity index (χ3v) is 5.88. The molecular weight excluding hydrogens is 394 g/mol. The molecule has 0 unspecified atom stereocenters. The molecule has 6 nitrogen and oxygen atoms in total. The molecule has 2 aromatic heterocycles.